The van der Waals surface area contributed by atoms with Crippen LogP contribution in [0.15, 0.2) is 43.0 Å². The molecule has 234 valence electrons. The first-order chi connectivity index (χ1) is 20.4. The minimum atomic E-state index is -2.99. The molecule has 0 radical (unpaired) electrons. The van der Waals surface area contributed by atoms with Gasteiger partial charge in [-0.15, -0.1) is 0 Å². The second-order valence-corrected chi connectivity index (χ2v) is 21.6. The van der Waals surface area contributed by atoms with Crippen molar-refractivity contribution in [2.75, 3.05) is 12.3 Å². The summed E-state index contributed by atoms with van der Waals surface area (Å²) in [4.78, 5) is 13.0. The number of anilines is 1. The molecule has 0 spiro atoms. The summed E-state index contributed by atoms with van der Waals surface area (Å²) in [6, 6.07) is 9.27. The number of nitrogens with two attached hydrogens (primary N) is 1. The summed E-state index contributed by atoms with van der Waals surface area (Å²) in [6.07, 6.45) is 0.504. The summed E-state index contributed by atoms with van der Waals surface area (Å²) in [5, 5.41) is -0.0500. The predicted octanol–water partition coefficient (Wildman–Crippen LogP) is 6.01. The number of ether oxygens (including phenoxy) is 3. The number of benzene rings is 1. The minimum absolute atomic E-state index is 0.0500. The lowest BCUT2D eigenvalue weighted by Gasteiger charge is -2.51. The molecule has 5 rings (SSSR count). The van der Waals surface area contributed by atoms with Gasteiger partial charge in [-0.05, 0) is 34.3 Å². The zero-order chi connectivity index (χ0) is 31.1. The molecule has 0 bridgehead atoms. The average Bonchev–Trinajstić information content (AvgIpc) is 3.50. The molecule has 2 aromatic heterocycles. The van der Waals surface area contributed by atoms with E-state index in [1.165, 1.54) is 6.33 Å². The summed E-state index contributed by atoms with van der Waals surface area (Å²) >= 11 is 5.62. The van der Waals surface area contributed by atoms with Crippen molar-refractivity contribution >= 4 is 51.6 Å². The van der Waals surface area contributed by atoms with Gasteiger partial charge in [-0.25, -0.2) is 15.0 Å². The Balaban J connectivity index is 1.60. The first kappa shape index (κ1) is 31.9. The van der Waals surface area contributed by atoms with Crippen LogP contribution in [0.4, 0.5) is 5.82 Å². The Bertz CT molecular complexity index is 1410. The van der Waals surface area contributed by atoms with Crippen LogP contribution in [0.3, 0.4) is 0 Å². The molecule has 4 heterocycles. The Morgan fingerprint density at radius 1 is 0.953 bits per heavy atom. The van der Waals surface area contributed by atoms with Crippen molar-refractivity contribution in [3.8, 4) is 5.75 Å². The maximum Gasteiger partial charge on any atom is 0.358 e. The monoisotopic (exact) mass is 645 g/mol. The highest BCUT2D eigenvalue weighted by Gasteiger charge is 2.62. The van der Waals surface area contributed by atoms with Crippen LogP contribution >= 0.6 is 12.2 Å². The van der Waals surface area contributed by atoms with Gasteiger partial charge in [0, 0.05) is 12.2 Å². The molecule has 2 fully saturated rings. The molecule has 43 heavy (non-hydrogen) atoms. The number of para-hydroxylation sites is 1. The van der Waals surface area contributed by atoms with Gasteiger partial charge in [0.1, 0.15) is 29.8 Å². The summed E-state index contributed by atoms with van der Waals surface area (Å²) in [7, 11) is -5.76. The molecule has 2 aliphatic heterocycles. The van der Waals surface area contributed by atoms with Gasteiger partial charge in [0.2, 0.25) is 0 Å². The number of rotatable bonds is 7. The van der Waals surface area contributed by atoms with E-state index < -0.39 is 41.7 Å². The molecule has 1 aromatic carbocycles. The van der Waals surface area contributed by atoms with E-state index >= 15 is 0 Å². The zero-order valence-electron chi connectivity index (χ0n) is 26.1. The number of aromatic nitrogens is 4. The first-order valence-corrected chi connectivity index (χ1v) is 19.3. The molecule has 2 aliphatic rings. The fraction of sp³-hybridized carbons (Fsp3) is 0.586. The lowest BCUT2D eigenvalue weighted by molar-refractivity contribution is -0.0569. The molecule has 2 saturated heterocycles. The highest BCUT2D eigenvalue weighted by atomic mass is 32.1. The van der Waals surface area contributed by atoms with Crippen molar-refractivity contribution in [2.45, 2.75) is 102 Å². The van der Waals surface area contributed by atoms with Gasteiger partial charge in [0.05, 0.1) is 12.9 Å². The van der Waals surface area contributed by atoms with Crippen LogP contribution in [-0.4, -0.2) is 66.8 Å². The number of hydrogen-bond donors (Lipinski definition) is 1. The van der Waals surface area contributed by atoms with E-state index in [1.807, 2.05) is 30.3 Å². The molecule has 3 aromatic rings. The third kappa shape index (κ3) is 5.85. The fourth-order valence-corrected chi connectivity index (χ4v) is 17.7. The van der Waals surface area contributed by atoms with Gasteiger partial charge in [0.25, 0.3) is 0 Å². The molecule has 14 heteroatoms. The largest absolute Gasteiger partial charge is 0.446 e. The summed E-state index contributed by atoms with van der Waals surface area (Å²) in [5.41, 5.74) is 7.74. The van der Waals surface area contributed by atoms with Crippen LogP contribution < -0.4 is 10.5 Å². The van der Waals surface area contributed by atoms with E-state index in [0.717, 1.165) is 0 Å². The molecule has 1 unspecified atom stereocenters. The van der Waals surface area contributed by atoms with Gasteiger partial charge in [-0.3, -0.25) is 4.57 Å². The van der Waals surface area contributed by atoms with Crippen LogP contribution in [0.2, 0.25) is 22.2 Å². The summed E-state index contributed by atoms with van der Waals surface area (Å²) in [6.45, 7) is 17.8. The van der Waals surface area contributed by atoms with E-state index in [4.69, 9.17) is 45.1 Å². The molecule has 2 N–H and O–H groups in total. The fourth-order valence-electron chi connectivity index (χ4n) is 6.25. The number of hydrogen-bond acceptors (Lipinski definition) is 11. The van der Waals surface area contributed by atoms with E-state index in [0.29, 0.717) is 16.9 Å². The molecular weight excluding hydrogens is 603 g/mol. The van der Waals surface area contributed by atoms with Crippen molar-refractivity contribution < 1.29 is 27.2 Å². The number of thiocarbonyl (C=S) groups is 1. The Hall–Kier alpha value is -2.47. The van der Waals surface area contributed by atoms with Crippen LogP contribution in [0.5, 0.6) is 5.75 Å². The molecule has 4 atom stereocenters. The van der Waals surface area contributed by atoms with E-state index in [-0.39, 0.29) is 39.8 Å². The Morgan fingerprint density at radius 2 is 1.60 bits per heavy atom. The minimum Gasteiger partial charge on any atom is -0.446 e. The van der Waals surface area contributed by atoms with Crippen molar-refractivity contribution in [3.05, 3.63) is 43.0 Å². The number of nitrogens with zero attached hydrogens (tertiary/aromatic N) is 4. The predicted molar refractivity (Wildman–Crippen MR) is 172 cm³/mol. The number of fused-ring (bicyclic) bond motifs is 2. The van der Waals surface area contributed by atoms with Gasteiger partial charge >= 0.3 is 22.4 Å². The smallest absolute Gasteiger partial charge is 0.358 e. The molecule has 0 amide bonds. The Labute approximate surface area is 260 Å². The molecule has 0 saturated carbocycles. The van der Waals surface area contributed by atoms with Crippen LogP contribution in [0, 0.1) is 0 Å². The average molecular weight is 646 g/mol. The lowest BCUT2D eigenvalue weighted by atomic mass is 10.1. The maximum absolute atomic E-state index is 7.38. The van der Waals surface area contributed by atoms with Crippen molar-refractivity contribution in [2.24, 2.45) is 0 Å². The van der Waals surface area contributed by atoms with Crippen LogP contribution in [0.1, 0.15) is 61.6 Å². The quantitative estimate of drug-likeness (QED) is 0.240. The Morgan fingerprint density at radius 3 is 2.23 bits per heavy atom. The maximum atomic E-state index is 7.38. The Kier molecular flexibility index (Phi) is 9.28. The highest BCUT2D eigenvalue weighted by molar-refractivity contribution is 7.79. The first-order valence-electron chi connectivity index (χ1n) is 14.9. The van der Waals surface area contributed by atoms with Crippen molar-refractivity contribution in [1.82, 2.24) is 19.5 Å². The van der Waals surface area contributed by atoms with Crippen molar-refractivity contribution in [3.63, 3.8) is 0 Å². The van der Waals surface area contributed by atoms with Crippen molar-refractivity contribution in [1.29, 1.82) is 0 Å². The summed E-state index contributed by atoms with van der Waals surface area (Å²) in [5.74, 6) is 0.841. The summed E-state index contributed by atoms with van der Waals surface area (Å²) < 4.78 is 42.6. The van der Waals surface area contributed by atoms with Gasteiger partial charge in [-0.2, -0.15) is 0 Å². The molecular formula is C29H43N5O6SSi2. The lowest BCUT2D eigenvalue weighted by Crippen LogP contribution is -2.66. The number of imidazole rings is 1. The number of nitrogen functional groups attached to an aromatic ring is 1. The topological polar surface area (TPSA) is 125 Å². The second kappa shape index (κ2) is 12.5. The van der Waals surface area contributed by atoms with E-state index in [2.05, 4.69) is 70.3 Å². The molecule has 11 nitrogen and oxygen atoms in total. The normalized spacial score (nSPS) is 25.2. The third-order valence-corrected chi connectivity index (χ3v) is 18.9. The highest BCUT2D eigenvalue weighted by Crippen LogP contribution is 2.49. The van der Waals surface area contributed by atoms with E-state index in [1.54, 1.807) is 10.9 Å². The van der Waals surface area contributed by atoms with Crippen LogP contribution in [0.25, 0.3) is 11.2 Å². The van der Waals surface area contributed by atoms with E-state index in [9.17, 15) is 0 Å². The van der Waals surface area contributed by atoms with Crippen LogP contribution in [-0.2, 0) is 22.4 Å². The molecule has 0 aliphatic carbocycles. The zero-order valence-corrected chi connectivity index (χ0v) is 28.9. The van der Waals surface area contributed by atoms with Gasteiger partial charge in [0.15, 0.2) is 23.8 Å². The van der Waals surface area contributed by atoms with Gasteiger partial charge < -0.3 is 32.9 Å². The SMILES string of the molecule is CC(C)[Si]1(C(C)C)OC[C@@H]2O[C@H](n3cnc4c(N)ncnc43)C(OC(=S)Oc3ccccc3)[C@H]2O[Si](C(C)C)(C(C)C)O1. The second-order valence-electron chi connectivity index (χ2n) is 12.5. The van der Waals surface area contributed by atoms with Gasteiger partial charge in [-0.1, -0.05) is 73.6 Å². The standard InChI is InChI=1S/C29H43N5O6SSi2/c1-17(2)42(18(3)4)35-14-22-24(39-43(40-42,19(5)6)20(7)8)25(38-29(41)36-21-12-10-9-11-13-21)28(37-22)34-16-33-23-26(30)31-15-32-27(23)34/h9-13,15-20,22,24-25,28H,14H2,1-8H3,(H2,30,31,32)/t22-,24-,25?,28-/m0/s1. The third-order valence-electron chi connectivity index (χ3n) is 8.45.